The van der Waals surface area contributed by atoms with Crippen LogP contribution in [0.4, 0.5) is 4.79 Å². The highest BCUT2D eigenvalue weighted by molar-refractivity contribution is 6.30. The highest BCUT2D eigenvalue weighted by Crippen LogP contribution is 2.25. The predicted molar refractivity (Wildman–Crippen MR) is 53.3 cm³/mol. The lowest BCUT2D eigenvalue weighted by molar-refractivity contribution is 0.141. The fourth-order valence-electron chi connectivity index (χ4n) is 1.54. The minimum Gasteiger partial charge on any atom is -0.444 e. The third kappa shape index (κ3) is 1.68. The number of hydrogen-bond acceptors (Lipinski definition) is 2. The van der Waals surface area contributed by atoms with Crippen molar-refractivity contribution in [1.82, 2.24) is 5.32 Å². The van der Waals surface area contributed by atoms with Crippen LogP contribution in [0.15, 0.2) is 24.3 Å². The Labute approximate surface area is 87.0 Å². The highest BCUT2D eigenvalue weighted by atomic mass is 35.5. The summed E-state index contributed by atoms with van der Waals surface area (Å²) in [5.74, 6) is 0. The van der Waals surface area contributed by atoms with Crippen LogP contribution in [0.2, 0.25) is 5.02 Å². The van der Waals surface area contributed by atoms with Gasteiger partial charge in [0.1, 0.15) is 6.10 Å². The van der Waals surface area contributed by atoms with Crippen molar-refractivity contribution in [3.63, 3.8) is 0 Å². The number of rotatable bonds is 1. The Hall–Kier alpha value is -1.22. The molecule has 4 heteroatoms. The van der Waals surface area contributed by atoms with Crippen LogP contribution in [0.1, 0.15) is 18.5 Å². The van der Waals surface area contributed by atoms with Gasteiger partial charge in [0.15, 0.2) is 0 Å². The zero-order chi connectivity index (χ0) is 10.1. The first kappa shape index (κ1) is 9.34. The molecule has 1 aromatic rings. The average Bonchev–Trinajstić information content (AvgIpc) is 2.47. The molecule has 0 spiro atoms. The summed E-state index contributed by atoms with van der Waals surface area (Å²) in [5, 5.41) is 3.42. The Morgan fingerprint density at radius 1 is 1.36 bits per heavy atom. The van der Waals surface area contributed by atoms with Gasteiger partial charge in [-0.25, -0.2) is 4.79 Å². The first-order valence-corrected chi connectivity index (χ1v) is 4.77. The first-order chi connectivity index (χ1) is 6.66. The van der Waals surface area contributed by atoms with E-state index in [4.69, 9.17) is 16.3 Å². The Kier molecular flexibility index (Phi) is 2.33. The van der Waals surface area contributed by atoms with E-state index in [0.717, 1.165) is 5.56 Å². The number of benzene rings is 1. The highest BCUT2D eigenvalue weighted by Gasteiger charge is 2.31. The van der Waals surface area contributed by atoms with Crippen LogP contribution in [-0.4, -0.2) is 12.2 Å². The van der Waals surface area contributed by atoms with Crippen molar-refractivity contribution in [3.8, 4) is 0 Å². The van der Waals surface area contributed by atoms with Gasteiger partial charge in [0.05, 0.1) is 6.04 Å². The van der Waals surface area contributed by atoms with E-state index in [9.17, 15) is 4.79 Å². The molecular weight excluding hydrogens is 202 g/mol. The van der Waals surface area contributed by atoms with Crippen LogP contribution in [0.25, 0.3) is 0 Å². The minimum atomic E-state index is -0.363. The molecule has 1 N–H and O–H groups in total. The van der Waals surface area contributed by atoms with E-state index in [-0.39, 0.29) is 18.2 Å². The first-order valence-electron chi connectivity index (χ1n) is 4.39. The van der Waals surface area contributed by atoms with Gasteiger partial charge in [0.25, 0.3) is 0 Å². The summed E-state index contributed by atoms with van der Waals surface area (Å²) in [4.78, 5) is 10.9. The van der Waals surface area contributed by atoms with Crippen molar-refractivity contribution in [3.05, 3.63) is 34.9 Å². The van der Waals surface area contributed by atoms with Gasteiger partial charge in [-0.15, -0.1) is 0 Å². The Balaban J connectivity index is 2.23. The van der Waals surface area contributed by atoms with Gasteiger partial charge in [-0.1, -0.05) is 23.7 Å². The van der Waals surface area contributed by atoms with Crippen molar-refractivity contribution in [1.29, 1.82) is 0 Å². The van der Waals surface area contributed by atoms with E-state index in [1.165, 1.54) is 0 Å². The zero-order valence-electron chi connectivity index (χ0n) is 7.66. The molecule has 3 nitrogen and oxygen atoms in total. The Morgan fingerprint density at radius 2 is 2.00 bits per heavy atom. The van der Waals surface area contributed by atoms with E-state index in [1.54, 1.807) is 12.1 Å². The minimum absolute atomic E-state index is 0.0697. The lowest BCUT2D eigenvalue weighted by Crippen LogP contribution is -2.20. The maximum Gasteiger partial charge on any atom is 0.408 e. The zero-order valence-corrected chi connectivity index (χ0v) is 8.41. The second kappa shape index (κ2) is 3.50. The van der Waals surface area contributed by atoms with E-state index >= 15 is 0 Å². The second-order valence-electron chi connectivity index (χ2n) is 3.28. The summed E-state index contributed by atoms with van der Waals surface area (Å²) in [6.45, 7) is 1.86. The standard InChI is InChI=1S/C10H10ClNO2/c1-6-9(12-10(13)14-6)7-2-4-8(11)5-3-7/h2-6,9H,1H3,(H,12,13)/t6-,9-/m1/s1. The average molecular weight is 212 g/mol. The van der Waals surface area contributed by atoms with Crippen LogP contribution in [0, 0.1) is 0 Å². The molecule has 1 aromatic carbocycles. The number of halogens is 1. The molecule has 1 amide bonds. The van der Waals surface area contributed by atoms with E-state index in [1.807, 2.05) is 19.1 Å². The SMILES string of the molecule is C[C@H]1OC(=O)N[C@H]1c1ccc(Cl)cc1. The normalized spacial score (nSPS) is 25.7. The fourth-order valence-corrected chi connectivity index (χ4v) is 1.67. The number of ether oxygens (including phenoxy) is 1. The molecule has 0 bridgehead atoms. The molecule has 0 saturated carbocycles. The third-order valence-electron chi connectivity index (χ3n) is 2.26. The molecule has 1 aliphatic heterocycles. The molecule has 2 rings (SSSR count). The molecule has 1 aliphatic rings. The topological polar surface area (TPSA) is 38.3 Å². The van der Waals surface area contributed by atoms with Crippen molar-refractivity contribution in [2.24, 2.45) is 0 Å². The van der Waals surface area contributed by atoms with Crippen LogP contribution < -0.4 is 5.32 Å². The van der Waals surface area contributed by atoms with Crippen molar-refractivity contribution in [2.45, 2.75) is 19.1 Å². The molecule has 2 atom stereocenters. The summed E-state index contributed by atoms with van der Waals surface area (Å²) in [5.41, 5.74) is 1.01. The van der Waals surface area contributed by atoms with Crippen LogP contribution in [-0.2, 0) is 4.74 Å². The molecule has 1 saturated heterocycles. The van der Waals surface area contributed by atoms with Gasteiger partial charge in [0, 0.05) is 5.02 Å². The van der Waals surface area contributed by atoms with Gasteiger partial charge >= 0.3 is 6.09 Å². The van der Waals surface area contributed by atoms with Crippen LogP contribution >= 0.6 is 11.6 Å². The van der Waals surface area contributed by atoms with Gasteiger partial charge < -0.3 is 10.1 Å². The maximum absolute atomic E-state index is 10.9. The summed E-state index contributed by atoms with van der Waals surface area (Å²) < 4.78 is 4.98. The number of alkyl carbamates (subject to hydrolysis) is 1. The number of carbonyl (C=O) groups is 1. The van der Waals surface area contributed by atoms with Gasteiger partial charge in [0.2, 0.25) is 0 Å². The summed E-state index contributed by atoms with van der Waals surface area (Å²) >= 11 is 5.76. The molecule has 0 aliphatic carbocycles. The monoisotopic (exact) mass is 211 g/mol. The molecule has 1 fully saturated rings. The molecule has 0 aromatic heterocycles. The largest absolute Gasteiger partial charge is 0.444 e. The van der Waals surface area contributed by atoms with E-state index in [2.05, 4.69) is 5.32 Å². The number of carbonyl (C=O) groups excluding carboxylic acids is 1. The number of amides is 1. The molecule has 0 radical (unpaired) electrons. The maximum atomic E-state index is 10.9. The second-order valence-corrected chi connectivity index (χ2v) is 3.72. The fraction of sp³-hybridized carbons (Fsp3) is 0.300. The lowest BCUT2D eigenvalue weighted by atomic mass is 10.0. The van der Waals surface area contributed by atoms with Crippen molar-refractivity contribution in [2.75, 3.05) is 0 Å². The number of hydrogen-bond donors (Lipinski definition) is 1. The van der Waals surface area contributed by atoms with Gasteiger partial charge in [-0.2, -0.15) is 0 Å². The summed E-state index contributed by atoms with van der Waals surface area (Å²) in [6, 6.07) is 7.30. The molecule has 74 valence electrons. The van der Waals surface area contributed by atoms with Crippen LogP contribution in [0.3, 0.4) is 0 Å². The predicted octanol–water partition coefficient (Wildman–Crippen LogP) is 2.51. The number of cyclic esters (lactones) is 1. The molecular formula is C10H10ClNO2. The molecule has 14 heavy (non-hydrogen) atoms. The van der Waals surface area contributed by atoms with Gasteiger partial charge in [-0.05, 0) is 24.6 Å². The Bertz CT molecular complexity index is 350. The van der Waals surface area contributed by atoms with Crippen LogP contribution in [0.5, 0.6) is 0 Å². The van der Waals surface area contributed by atoms with Crippen molar-refractivity contribution < 1.29 is 9.53 Å². The van der Waals surface area contributed by atoms with Crippen molar-refractivity contribution >= 4 is 17.7 Å². The smallest absolute Gasteiger partial charge is 0.408 e. The lowest BCUT2D eigenvalue weighted by Gasteiger charge is -2.12. The summed E-state index contributed by atoms with van der Waals surface area (Å²) in [6.07, 6.45) is -0.499. The summed E-state index contributed by atoms with van der Waals surface area (Å²) in [7, 11) is 0. The quantitative estimate of drug-likeness (QED) is 0.775. The van der Waals surface area contributed by atoms with E-state index in [0.29, 0.717) is 5.02 Å². The number of nitrogens with one attached hydrogen (secondary N) is 1. The Morgan fingerprint density at radius 3 is 2.50 bits per heavy atom. The molecule has 1 heterocycles. The third-order valence-corrected chi connectivity index (χ3v) is 2.52. The van der Waals surface area contributed by atoms with Gasteiger partial charge in [-0.3, -0.25) is 0 Å². The molecule has 0 unspecified atom stereocenters. The van der Waals surface area contributed by atoms with E-state index < -0.39 is 0 Å².